The van der Waals surface area contributed by atoms with Crippen molar-refractivity contribution in [2.75, 3.05) is 5.73 Å². The van der Waals surface area contributed by atoms with Crippen LogP contribution in [0.15, 0.2) is 30.3 Å². The van der Waals surface area contributed by atoms with Crippen LogP contribution in [-0.2, 0) is 36.0 Å². The van der Waals surface area contributed by atoms with Gasteiger partial charge in [0, 0.05) is 12.7 Å². The van der Waals surface area contributed by atoms with E-state index in [1.807, 2.05) is 32.2 Å². The van der Waals surface area contributed by atoms with Gasteiger partial charge in [0.25, 0.3) is 0 Å². The van der Waals surface area contributed by atoms with Crippen molar-refractivity contribution < 1.29 is 9.53 Å². The Labute approximate surface area is 118 Å². The van der Waals surface area contributed by atoms with Crippen molar-refractivity contribution >= 4 is 11.7 Å². The maximum Gasteiger partial charge on any atom is 0.310 e. The second kappa shape index (κ2) is 6.23. The predicted molar refractivity (Wildman–Crippen MR) is 76.9 cm³/mol. The van der Waals surface area contributed by atoms with Crippen LogP contribution < -0.4 is 5.73 Å². The molecule has 1 heterocycles. The first kappa shape index (κ1) is 14.1. The van der Waals surface area contributed by atoms with E-state index in [-0.39, 0.29) is 19.0 Å². The Hall–Kier alpha value is -2.30. The fraction of sp³-hybridized carbons (Fsp3) is 0.333. The number of anilines is 1. The van der Waals surface area contributed by atoms with Crippen molar-refractivity contribution in [2.45, 2.75) is 26.4 Å². The first-order chi connectivity index (χ1) is 9.58. The summed E-state index contributed by atoms with van der Waals surface area (Å²) >= 11 is 0. The molecule has 0 saturated carbocycles. The van der Waals surface area contributed by atoms with Crippen LogP contribution in [0.25, 0.3) is 0 Å². The highest BCUT2D eigenvalue weighted by Gasteiger charge is 2.09. The summed E-state index contributed by atoms with van der Waals surface area (Å²) in [7, 11) is 1.85. The van der Waals surface area contributed by atoms with Gasteiger partial charge in [-0.25, -0.2) is 0 Å². The molecule has 0 fully saturated rings. The minimum absolute atomic E-state index is 0.226. The Balaban J connectivity index is 1.90. The van der Waals surface area contributed by atoms with Gasteiger partial charge >= 0.3 is 5.97 Å². The van der Waals surface area contributed by atoms with E-state index >= 15 is 0 Å². The number of ether oxygens (including phenoxy) is 1. The average Bonchev–Trinajstić information content (AvgIpc) is 2.77. The van der Waals surface area contributed by atoms with Gasteiger partial charge in [0.15, 0.2) is 0 Å². The summed E-state index contributed by atoms with van der Waals surface area (Å²) in [5, 5.41) is 4.31. The predicted octanol–water partition coefficient (Wildman–Crippen LogP) is 1.85. The summed E-state index contributed by atoms with van der Waals surface area (Å²) in [6.45, 7) is 2.28. The monoisotopic (exact) mass is 273 g/mol. The molecule has 106 valence electrons. The van der Waals surface area contributed by atoms with E-state index in [9.17, 15) is 4.79 Å². The topological polar surface area (TPSA) is 70.1 Å². The molecule has 1 aromatic carbocycles. The fourth-order valence-electron chi connectivity index (χ4n) is 1.95. The van der Waals surface area contributed by atoms with E-state index in [2.05, 4.69) is 5.10 Å². The zero-order valence-corrected chi connectivity index (χ0v) is 11.8. The molecule has 5 nitrogen and oxygen atoms in total. The van der Waals surface area contributed by atoms with Crippen molar-refractivity contribution in [1.29, 1.82) is 0 Å². The number of benzene rings is 1. The molecule has 0 bridgehead atoms. The van der Waals surface area contributed by atoms with E-state index in [4.69, 9.17) is 10.5 Å². The molecule has 1 aromatic heterocycles. The maximum atomic E-state index is 11.8. The van der Waals surface area contributed by atoms with Crippen molar-refractivity contribution in [3.63, 3.8) is 0 Å². The zero-order chi connectivity index (χ0) is 14.5. The van der Waals surface area contributed by atoms with Gasteiger partial charge < -0.3 is 10.5 Å². The van der Waals surface area contributed by atoms with E-state index in [1.165, 1.54) is 0 Å². The van der Waals surface area contributed by atoms with Crippen LogP contribution in [0.5, 0.6) is 0 Å². The van der Waals surface area contributed by atoms with Crippen molar-refractivity contribution in [3.8, 4) is 0 Å². The van der Waals surface area contributed by atoms with Crippen LogP contribution in [0.1, 0.15) is 23.9 Å². The van der Waals surface area contributed by atoms with Crippen LogP contribution in [0, 0.1) is 0 Å². The molecule has 2 rings (SSSR count). The quantitative estimate of drug-likeness (QED) is 0.666. The molecule has 0 atom stereocenters. The largest absolute Gasteiger partial charge is 0.459 e. The number of aromatic nitrogens is 2. The Morgan fingerprint density at radius 2 is 2.20 bits per heavy atom. The molecule has 2 N–H and O–H groups in total. The van der Waals surface area contributed by atoms with Crippen molar-refractivity contribution in [2.24, 2.45) is 7.05 Å². The number of esters is 1. The molecule has 0 aliphatic heterocycles. The lowest BCUT2D eigenvalue weighted by molar-refractivity contribution is -0.144. The Kier molecular flexibility index (Phi) is 4.40. The molecular formula is C15H19N3O2. The average molecular weight is 273 g/mol. The third-order valence-corrected chi connectivity index (χ3v) is 3.07. The van der Waals surface area contributed by atoms with Gasteiger partial charge in [-0.05, 0) is 30.2 Å². The van der Waals surface area contributed by atoms with E-state index in [0.717, 1.165) is 23.4 Å². The lowest BCUT2D eigenvalue weighted by Gasteiger charge is -2.05. The molecule has 0 spiro atoms. The van der Waals surface area contributed by atoms with Gasteiger partial charge in [0.1, 0.15) is 6.61 Å². The summed E-state index contributed by atoms with van der Waals surface area (Å²) < 4.78 is 7.01. The second-order valence-electron chi connectivity index (χ2n) is 4.69. The van der Waals surface area contributed by atoms with E-state index in [1.54, 1.807) is 16.8 Å². The Bertz CT molecular complexity index is 605. The first-order valence-corrected chi connectivity index (χ1v) is 6.60. The summed E-state index contributed by atoms with van der Waals surface area (Å²) in [5.74, 6) is -0.269. The van der Waals surface area contributed by atoms with Crippen LogP contribution in [0.2, 0.25) is 0 Å². The second-order valence-corrected chi connectivity index (χ2v) is 4.69. The number of aryl methyl sites for hydroxylation is 2. The van der Waals surface area contributed by atoms with Gasteiger partial charge in [-0.2, -0.15) is 5.10 Å². The minimum atomic E-state index is -0.269. The number of rotatable bonds is 5. The van der Waals surface area contributed by atoms with Gasteiger partial charge in [0.05, 0.1) is 17.8 Å². The van der Waals surface area contributed by atoms with Crippen LogP contribution in [0.4, 0.5) is 5.69 Å². The smallest absolute Gasteiger partial charge is 0.310 e. The van der Waals surface area contributed by atoms with Crippen LogP contribution in [0.3, 0.4) is 0 Å². The molecule has 2 aromatic rings. The minimum Gasteiger partial charge on any atom is -0.459 e. The van der Waals surface area contributed by atoms with E-state index in [0.29, 0.717) is 5.69 Å². The lowest BCUT2D eigenvalue weighted by atomic mass is 10.1. The van der Waals surface area contributed by atoms with E-state index < -0.39 is 0 Å². The molecule has 0 amide bonds. The summed E-state index contributed by atoms with van der Waals surface area (Å²) in [5.41, 5.74) is 9.06. The first-order valence-electron chi connectivity index (χ1n) is 6.60. The van der Waals surface area contributed by atoms with Crippen LogP contribution >= 0.6 is 0 Å². The van der Waals surface area contributed by atoms with Crippen molar-refractivity contribution in [3.05, 3.63) is 47.3 Å². The number of nitrogens with zero attached hydrogens (tertiary/aromatic N) is 2. The standard InChI is InChI=1S/C15H19N3O2/c1-3-13-9-14(18(2)17-13)10-20-15(19)8-11-5-4-6-12(16)7-11/h4-7,9H,3,8,10,16H2,1-2H3. The Morgan fingerprint density at radius 1 is 1.40 bits per heavy atom. The molecule has 5 heteroatoms. The van der Waals surface area contributed by atoms with Gasteiger partial charge in [-0.15, -0.1) is 0 Å². The normalized spacial score (nSPS) is 10.5. The van der Waals surface area contributed by atoms with Gasteiger partial charge in [0.2, 0.25) is 0 Å². The highest BCUT2D eigenvalue weighted by atomic mass is 16.5. The highest BCUT2D eigenvalue weighted by molar-refractivity contribution is 5.73. The van der Waals surface area contributed by atoms with Crippen LogP contribution in [-0.4, -0.2) is 15.7 Å². The summed E-state index contributed by atoms with van der Waals surface area (Å²) in [6, 6.07) is 9.20. The number of hydrogen-bond donors (Lipinski definition) is 1. The van der Waals surface area contributed by atoms with Crippen molar-refractivity contribution in [1.82, 2.24) is 9.78 Å². The molecule has 0 aliphatic rings. The summed E-state index contributed by atoms with van der Waals surface area (Å²) in [6.07, 6.45) is 1.09. The highest BCUT2D eigenvalue weighted by Crippen LogP contribution is 2.09. The third-order valence-electron chi connectivity index (χ3n) is 3.07. The number of nitrogen functional groups attached to an aromatic ring is 1. The number of hydrogen-bond acceptors (Lipinski definition) is 4. The third kappa shape index (κ3) is 3.60. The SMILES string of the molecule is CCc1cc(COC(=O)Cc2cccc(N)c2)n(C)n1. The molecule has 20 heavy (non-hydrogen) atoms. The molecule has 0 aliphatic carbocycles. The maximum absolute atomic E-state index is 11.8. The molecule has 0 saturated heterocycles. The fourth-order valence-corrected chi connectivity index (χ4v) is 1.95. The molecule has 0 unspecified atom stereocenters. The number of carbonyl (C=O) groups excluding carboxylic acids is 1. The Morgan fingerprint density at radius 3 is 2.85 bits per heavy atom. The van der Waals surface area contributed by atoms with Gasteiger partial charge in [-0.1, -0.05) is 19.1 Å². The molecule has 0 radical (unpaired) electrons. The zero-order valence-electron chi connectivity index (χ0n) is 11.8. The molecular weight excluding hydrogens is 254 g/mol. The lowest BCUT2D eigenvalue weighted by Crippen LogP contribution is -2.10. The number of nitrogens with two attached hydrogens (primary N) is 1. The van der Waals surface area contributed by atoms with Gasteiger partial charge in [-0.3, -0.25) is 9.48 Å². The number of carbonyl (C=O) groups is 1. The summed E-state index contributed by atoms with van der Waals surface area (Å²) in [4.78, 5) is 11.8.